The van der Waals surface area contributed by atoms with E-state index in [1.165, 1.54) is 6.08 Å². The first-order chi connectivity index (χ1) is 15.3. The average molecular weight is 434 g/mol. The Morgan fingerprint density at radius 2 is 1.72 bits per heavy atom. The Morgan fingerprint density at radius 3 is 2.31 bits per heavy atom. The van der Waals surface area contributed by atoms with Gasteiger partial charge in [-0.1, -0.05) is 43.0 Å². The van der Waals surface area contributed by atoms with Gasteiger partial charge in [-0.05, 0) is 62.9 Å². The van der Waals surface area contributed by atoms with Crippen LogP contribution in [0.15, 0.2) is 61.2 Å². The van der Waals surface area contributed by atoms with Gasteiger partial charge in [0.25, 0.3) is 5.91 Å². The molecule has 1 fully saturated rings. The quantitative estimate of drug-likeness (QED) is 0.680. The van der Waals surface area contributed by atoms with Crippen molar-refractivity contribution in [1.29, 1.82) is 0 Å². The number of piperidine rings is 1. The second-order valence-electron chi connectivity index (χ2n) is 8.59. The maximum absolute atomic E-state index is 13.6. The summed E-state index contributed by atoms with van der Waals surface area (Å²) >= 11 is 0. The van der Waals surface area contributed by atoms with Gasteiger partial charge in [-0.2, -0.15) is 0 Å². The van der Waals surface area contributed by atoms with Gasteiger partial charge in [0.05, 0.1) is 5.41 Å². The standard InChI is InChI=1S/C26H31N3O3/c1-5-23(30)29-15-13-26(14-16-29,20-9-7-6-8-10-20)25(32)28-21-12-11-19(4)22(17-21)24(31)27-18(2)3/h5-12,17-18H,1,13-16H2,2-4H3,(H,27,31)(H,28,32). The minimum atomic E-state index is -0.759. The van der Waals surface area contributed by atoms with Gasteiger partial charge in [-0.15, -0.1) is 0 Å². The smallest absolute Gasteiger partial charge is 0.251 e. The van der Waals surface area contributed by atoms with Crippen molar-refractivity contribution in [1.82, 2.24) is 10.2 Å². The summed E-state index contributed by atoms with van der Waals surface area (Å²) in [6.07, 6.45) is 2.33. The number of carbonyl (C=O) groups is 3. The highest BCUT2D eigenvalue weighted by atomic mass is 16.2. The third-order valence-electron chi connectivity index (χ3n) is 6.02. The first kappa shape index (κ1) is 23.3. The van der Waals surface area contributed by atoms with Gasteiger partial charge in [0.15, 0.2) is 0 Å². The fraction of sp³-hybridized carbons (Fsp3) is 0.346. The highest BCUT2D eigenvalue weighted by molar-refractivity contribution is 6.02. The van der Waals surface area contributed by atoms with Crippen LogP contribution in [-0.4, -0.2) is 41.8 Å². The van der Waals surface area contributed by atoms with Crippen molar-refractivity contribution in [3.8, 4) is 0 Å². The molecule has 0 bridgehead atoms. The van der Waals surface area contributed by atoms with Gasteiger partial charge >= 0.3 is 0 Å². The summed E-state index contributed by atoms with van der Waals surface area (Å²) < 4.78 is 0. The summed E-state index contributed by atoms with van der Waals surface area (Å²) in [7, 11) is 0. The molecule has 2 aromatic carbocycles. The van der Waals surface area contributed by atoms with Crippen molar-refractivity contribution >= 4 is 23.4 Å². The first-order valence-electron chi connectivity index (χ1n) is 11.0. The molecule has 1 aliphatic rings. The van der Waals surface area contributed by atoms with Gasteiger partial charge in [0.2, 0.25) is 11.8 Å². The summed E-state index contributed by atoms with van der Waals surface area (Å²) in [4.78, 5) is 40.0. The summed E-state index contributed by atoms with van der Waals surface area (Å²) in [5, 5.41) is 5.94. The molecule has 0 atom stereocenters. The molecule has 32 heavy (non-hydrogen) atoms. The second-order valence-corrected chi connectivity index (χ2v) is 8.59. The molecular weight excluding hydrogens is 402 g/mol. The lowest BCUT2D eigenvalue weighted by molar-refractivity contribution is -0.131. The molecule has 0 aromatic heterocycles. The Hall–Kier alpha value is -3.41. The number of hydrogen-bond donors (Lipinski definition) is 2. The lowest BCUT2D eigenvalue weighted by atomic mass is 9.72. The minimum absolute atomic E-state index is 0.0185. The van der Waals surface area contributed by atoms with E-state index in [0.29, 0.717) is 37.2 Å². The molecule has 1 heterocycles. The lowest BCUT2D eigenvalue weighted by Crippen LogP contribution is -2.50. The van der Waals surface area contributed by atoms with Crippen molar-refractivity contribution in [2.75, 3.05) is 18.4 Å². The number of aryl methyl sites for hydroxylation is 1. The summed E-state index contributed by atoms with van der Waals surface area (Å²) in [5.41, 5.74) is 2.12. The number of benzene rings is 2. The SMILES string of the molecule is C=CC(=O)N1CCC(C(=O)Nc2ccc(C)c(C(=O)NC(C)C)c2)(c2ccccc2)CC1. The third-order valence-corrected chi connectivity index (χ3v) is 6.02. The Bertz CT molecular complexity index is 1010. The van der Waals surface area contributed by atoms with E-state index in [4.69, 9.17) is 0 Å². The Morgan fingerprint density at radius 1 is 1.06 bits per heavy atom. The monoisotopic (exact) mass is 433 g/mol. The van der Waals surface area contributed by atoms with Gasteiger partial charge in [0.1, 0.15) is 0 Å². The molecule has 1 aliphatic heterocycles. The Balaban J connectivity index is 1.88. The van der Waals surface area contributed by atoms with E-state index in [-0.39, 0.29) is 23.8 Å². The van der Waals surface area contributed by atoms with E-state index < -0.39 is 5.41 Å². The van der Waals surface area contributed by atoms with Crippen molar-refractivity contribution in [3.63, 3.8) is 0 Å². The average Bonchev–Trinajstić information content (AvgIpc) is 2.79. The van der Waals surface area contributed by atoms with E-state index in [1.54, 1.807) is 11.0 Å². The summed E-state index contributed by atoms with van der Waals surface area (Å²) in [6, 6.07) is 15.1. The number of rotatable bonds is 6. The molecule has 6 heteroatoms. The van der Waals surface area contributed by atoms with Crippen molar-refractivity contribution in [3.05, 3.63) is 77.9 Å². The van der Waals surface area contributed by atoms with Gasteiger partial charge < -0.3 is 15.5 Å². The van der Waals surface area contributed by atoms with Crippen LogP contribution in [0.1, 0.15) is 48.2 Å². The van der Waals surface area contributed by atoms with Gasteiger partial charge in [-0.25, -0.2) is 0 Å². The lowest BCUT2D eigenvalue weighted by Gasteiger charge is -2.40. The summed E-state index contributed by atoms with van der Waals surface area (Å²) in [6.45, 7) is 10.2. The fourth-order valence-electron chi connectivity index (χ4n) is 4.18. The third kappa shape index (κ3) is 4.90. The number of anilines is 1. The molecule has 0 spiro atoms. The van der Waals surface area contributed by atoms with Crippen LogP contribution >= 0.6 is 0 Å². The van der Waals surface area contributed by atoms with Crippen LogP contribution in [0, 0.1) is 6.92 Å². The van der Waals surface area contributed by atoms with Crippen molar-refractivity contribution in [2.45, 2.75) is 45.1 Å². The fourth-order valence-corrected chi connectivity index (χ4v) is 4.18. The molecule has 0 aliphatic carbocycles. The molecule has 3 amide bonds. The van der Waals surface area contributed by atoms with Crippen LogP contribution in [0.5, 0.6) is 0 Å². The number of nitrogens with zero attached hydrogens (tertiary/aromatic N) is 1. The van der Waals surface area contributed by atoms with Crippen molar-refractivity contribution < 1.29 is 14.4 Å². The predicted molar refractivity (Wildman–Crippen MR) is 127 cm³/mol. The largest absolute Gasteiger partial charge is 0.350 e. The Kier molecular flexibility index (Phi) is 7.13. The molecule has 6 nitrogen and oxygen atoms in total. The minimum Gasteiger partial charge on any atom is -0.350 e. The highest BCUT2D eigenvalue weighted by Gasteiger charge is 2.43. The molecule has 168 valence electrons. The predicted octanol–water partition coefficient (Wildman–Crippen LogP) is 3.82. The maximum Gasteiger partial charge on any atom is 0.251 e. The van der Waals surface area contributed by atoms with E-state index in [9.17, 15) is 14.4 Å². The zero-order valence-electron chi connectivity index (χ0n) is 19.0. The van der Waals surface area contributed by atoms with Crippen LogP contribution in [0.3, 0.4) is 0 Å². The van der Waals surface area contributed by atoms with Gasteiger partial charge in [0, 0.05) is 30.4 Å². The van der Waals surface area contributed by atoms with Crippen LogP contribution in [0.25, 0.3) is 0 Å². The number of carbonyl (C=O) groups excluding carboxylic acids is 3. The van der Waals surface area contributed by atoms with Crippen LogP contribution in [-0.2, 0) is 15.0 Å². The zero-order chi connectivity index (χ0) is 23.3. The highest BCUT2D eigenvalue weighted by Crippen LogP contribution is 2.37. The number of hydrogen-bond acceptors (Lipinski definition) is 3. The molecule has 2 N–H and O–H groups in total. The molecule has 2 aromatic rings. The molecule has 0 radical (unpaired) electrons. The van der Waals surface area contributed by atoms with Gasteiger partial charge in [-0.3, -0.25) is 14.4 Å². The van der Waals surface area contributed by atoms with E-state index in [0.717, 1.165) is 11.1 Å². The van der Waals surface area contributed by atoms with Crippen molar-refractivity contribution in [2.24, 2.45) is 0 Å². The topological polar surface area (TPSA) is 78.5 Å². The Labute approximate surface area is 189 Å². The van der Waals surface area contributed by atoms with E-state index in [2.05, 4.69) is 17.2 Å². The van der Waals surface area contributed by atoms with Crippen LogP contribution in [0.2, 0.25) is 0 Å². The van der Waals surface area contributed by atoms with E-state index in [1.807, 2.05) is 63.2 Å². The summed E-state index contributed by atoms with van der Waals surface area (Å²) in [5.74, 6) is -0.414. The molecule has 3 rings (SSSR count). The molecular formula is C26H31N3O3. The van der Waals surface area contributed by atoms with E-state index >= 15 is 0 Å². The maximum atomic E-state index is 13.6. The van der Waals surface area contributed by atoms with Crippen LogP contribution in [0.4, 0.5) is 5.69 Å². The number of likely N-dealkylation sites (tertiary alicyclic amines) is 1. The second kappa shape index (κ2) is 9.81. The number of amides is 3. The number of nitrogens with one attached hydrogen (secondary N) is 2. The van der Waals surface area contributed by atoms with Crippen LogP contribution < -0.4 is 10.6 Å². The molecule has 0 unspecified atom stereocenters. The molecule has 1 saturated heterocycles. The first-order valence-corrected chi connectivity index (χ1v) is 11.0. The molecule has 0 saturated carbocycles. The normalized spacial score (nSPS) is 15.2. The zero-order valence-corrected chi connectivity index (χ0v) is 19.0.